The Balaban J connectivity index is 0.000000273. The quantitative estimate of drug-likeness (QED) is 0.0103. The molecule has 3 aliphatic rings. The summed E-state index contributed by atoms with van der Waals surface area (Å²) in [6.07, 6.45) is -23.4. The van der Waals surface area contributed by atoms with Crippen molar-refractivity contribution in [2.45, 2.75) is 177 Å². The zero-order chi connectivity index (χ0) is 90.4. The van der Waals surface area contributed by atoms with Crippen LogP contribution in [0.2, 0.25) is 0 Å². The van der Waals surface area contributed by atoms with E-state index in [0.717, 1.165) is 105 Å². The number of amides is 1. The van der Waals surface area contributed by atoms with Gasteiger partial charge in [-0.25, -0.2) is 24.1 Å². The van der Waals surface area contributed by atoms with Gasteiger partial charge >= 0.3 is 95.1 Å². The van der Waals surface area contributed by atoms with Gasteiger partial charge in [0.2, 0.25) is 5.91 Å². The Labute approximate surface area is 744 Å². The molecule has 8 aromatic carbocycles. The summed E-state index contributed by atoms with van der Waals surface area (Å²) in [7, 11) is 0. The smallest absolute Gasteiger partial charge is 0.870 e. The number of nitrogens with one attached hydrogen (secondary N) is 1. The van der Waals surface area contributed by atoms with E-state index in [1.165, 1.54) is 63.2 Å². The van der Waals surface area contributed by atoms with E-state index in [2.05, 4.69) is 29.4 Å². The number of carbonyl (C=O) groups excluding carboxylic acids is 3. The zero-order valence-electron chi connectivity index (χ0n) is 66.1. The predicted octanol–water partition coefficient (Wildman–Crippen LogP) is 19.8. The number of nitrogens with two attached hydrogens (primary N) is 2. The number of nitrogen functional groups attached to an aromatic ring is 2. The molecule has 0 heterocycles. The molecule has 0 radical (unpaired) electrons. The van der Waals surface area contributed by atoms with Gasteiger partial charge in [0.05, 0.1) is 59.8 Å². The van der Waals surface area contributed by atoms with Gasteiger partial charge in [0.25, 0.3) is 18.5 Å². The van der Waals surface area contributed by atoms with E-state index < -0.39 is 140 Å². The van der Waals surface area contributed by atoms with Gasteiger partial charge in [0.15, 0.2) is 0 Å². The molecule has 0 bridgehead atoms. The van der Waals surface area contributed by atoms with Gasteiger partial charge in [-0.2, -0.15) is 39.5 Å². The van der Waals surface area contributed by atoms with Crippen LogP contribution in [0.5, 0.6) is 17.2 Å². The monoisotopic (exact) mass is 1820 g/mol. The van der Waals surface area contributed by atoms with Crippen LogP contribution in [0.15, 0.2) is 164 Å². The van der Waals surface area contributed by atoms with Crippen molar-refractivity contribution in [1.82, 2.24) is 0 Å². The molecule has 18 nitrogen and oxygen atoms in total. The van der Waals surface area contributed by atoms with Crippen LogP contribution in [-0.4, -0.2) is 81.6 Å². The summed E-state index contributed by atoms with van der Waals surface area (Å²) in [4.78, 5) is 43.5. The number of nitrogens with zero attached hydrogens (tertiary/aromatic N) is 5. The summed E-state index contributed by atoms with van der Waals surface area (Å²) in [5, 5.41) is 14.4. The van der Waals surface area contributed by atoms with Gasteiger partial charge < -0.3 is 70.7 Å². The van der Waals surface area contributed by atoms with Crippen LogP contribution in [0.3, 0.4) is 0 Å². The molecule has 125 heavy (non-hydrogen) atoms. The van der Waals surface area contributed by atoms with Crippen molar-refractivity contribution in [1.29, 1.82) is 0 Å². The summed E-state index contributed by atoms with van der Waals surface area (Å²) in [6.45, 7) is 6.66. The second kappa shape index (κ2) is 45.0. The summed E-state index contributed by atoms with van der Waals surface area (Å²) < 4.78 is 305. The summed E-state index contributed by atoms with van der Waals surface area (Å²) in [6, 6.07) is 36.0. The first-order valence-electron chi connectivity index (χ1n) is 37.5. The summed E-state index contributed by atoms with van der Waals surface area (Å²) in [5.74, 6) is -5.48. The molecule has 670 valence electrons. The van der Waals surface area contributed by atoms with Crippen molar-refractivity contribution in [2.75, 3.05) is 51.1 Å². The maximum Gasteiger partial charge on any atom is 1.00 e. The van der Waals surface area contributed by atoms with Gasteiger partial charge in [-0.1, -0.05) is 54.6 Å². The summed E-state index contributed by atoms with van der Waals surface area (Å²) >= 11 is 0. The van der Waals surface area contributed by atoms with Crippen molar-refractivity contribution < 1.29 is 192 Å². The molecular formula is C84H79F22KN8O10. The van der Waals surface area contributed by atoms with E-state index in [1.54, 1.807) is 42.5 Å². The normalized spacial score (nSPS) is 14.4. The number of ether oxygens (including phenoxy) is 5. The van der Waals surface area contributed by atoms with Gasteiger partial charge in [-0.15, -0.1) is 39.5 Å². The third kappa shape index (κ3) is 32.4. The van der Waals surface area contributed by atoms with Crippen molar-refractivity contribution in [3.8, 4) is 23.3 Å². The van der Waals surface area contributed by atoms with Crippen LogP contribution in [0, 0.1) is 41.1 Å². The first-order chi connectivity index (χ1) is 57.7. The molecule has 0 spiro atoms. The maximum atomic E-state index is 14.3. The minimum Gasteiger partial charge on any atom is -0.870 e. The van der Waals surface area contributed by atoms with Crippen LogP contribution < -0.4 is 97.1 Å². The molecule has 0 aliphatic heterocycles. The van der Waals surface area contributed by atoms with E-state index in [0.29, 0.717) is 103 Å². The number of halogens is 22. The molecule has 0 aromatic heterocycles. The van der Waals surface area contributed by atoms with Gasteiger partial charge in [0.1, 0.15) is 57.3 Å². The molecule has 3 aliphatic carbocycles. The largest absolute Gasteiger partial charge is 1.00 e. The van der Waals surface area contributed by atoms with Crippen LogP contribution in [-0.2, 0) is 66.7 Å². The number of carbonyl (C=O) groups is 3. The van der Waals surface area contributed by atoms with Gasteiger partial charge in [-0.05, 0) is 195 Å². The minimum absolute atomic E-state index is 0. The van der Waals surface area contributed by atoms with Crippen LogP contribution in [0.4, 0.5) is 131 Å². The SMILES string of the molecule is Nc1cc(C2(OC=O)CCCC2)ccc1N(CCC(F)(F)F)Cc1ccc(OC(F)(F)F)cc1.O=COC1(c2ccc(N(CCC(F)(F)F)Cc3ccc(OC(F)(F)F)cc3)c(NC(=O)Cc3ccc(F)cc3F)c2)CCCC1.[C-]#[N+]C1(c2ccc(N(CCC(F)(F)F)Cc3ccc(OC(F)(F)F)cc3)c(N)c2)CCCC1.[K+].[O-][N+]#Cc1ccc(F)cc1F.[OH-]. The number of hydrogen-bond donors (Lipinski definition) is 3. The fourth-order valence-electron chi connectivity index (χ4n) is 14.3. The van der Waals surface area contributed by atoms with E-state index in [4.69, 9.17) is 27.5 Å². The topological polar surface area (TPSA) is 233 Å². The number of rotatable bonds is 28. The molecular weight excluding hydrogens is 1740 g/mol. The Morgan fingerprint density at radius 2 is 0.808 bits per heavy atom. The minimum atomic E-state index is -4.93. The fraction of sp³-hybridized carbons (Fsp3) is 0.369. The number of hydrogen-bond acceptors (Lipinski definition) is 15. The molecule has 3 saturated carbocycles. The van der Waals surface area contributed by atoms with Crippen molar-refractivity contribution in [3.05, 3.63) is 253 Å². The molecule has 1 amide bonds. The average Bonchev–Trinajstić information content (AvgIpc) is 1.62. The number of anilines is 6. The van der Waals surface area contributed by atoms with Crippen molar-refractivity contribution >= 4 is 53.0 Å². The molecule has 0 saturated heterocycles. The van der Waals surface area contributed by atoms with E-state index in [1.807, 2.05) is 6.07 Å². The molecule has 11 rings (SSSR count). The first kappa shape index (κ1) is 103. The van der Waals surface area contributed by atoms with Crippen LogP contribution >= 0.6 is 0 Å². The van der Waals surface area contributed by atoms with Crippen molar-refractivity contribution in [3.63, 3.8) is 0 Å². The molecule has 6 N–H and O–H groups in total. The Morgan fingerprint density at radius 3 is 1.15 bits per heavy atom. The Kier molecular flexibility index (Phi) is 37.2. The average molecular weight is 1820 g/mol. The van der Waals surface area contributed by atoms with E-state index >= 15 is 0 Å². The number of benzene rings is 8. The second-order valence-corrected chi connectivity index (χ2v) is 28.7. The Hall–Kier alpha value is -10.6. The first-order valence-corrected chi connectivity index (χ1v) is 37.5. The predicted molar refractivity (Wildman–Crippen MR) is 411 cm³/mol. The van der Waals surface area contributed by atoms with E-state index in [-0.39, 0.29) is 117 Å². The zero-order valence-corrected chi connectivity index (χ0v) is 69.3. The maximum absolute atomic E-state index is 14.3. The third-order valence-corrected chi connectivity index (χ3v) is 20.0. The molecule has 41 heteroatoms. The molecule has 0 atom stereocenters. The molecule has 0 unspecified atom stereocenters. The molecule has 3 fully saturated rings. The van der Waals surface area contributed by atoms with Crippen LogP contribution in [0.1, 0.15) is 141 Å². The fourth-order valence-corrected chi connectivity index (χ4v) is 14.3. The van der Waals surface area contributed by atoms with Crippen molar-refractivity contribution in [2.24, 2.45) is 0 Å². The Morgan fingerprint density at radius 1 is 0.464 bits per heavy atom. The van der Waals surface area contributed by atoms with Crippen LogP contribution in [0.25, 0.3) is 9.85 Å². The second-order valence-electron chi connectivity index (χ2n) is 28.7. The third-order valence-electron chi connectivity index (χ3n) is 20.0. The Bertz CT molecular complexity index is 4950. The summed E-state index contributed by atoms with van der Waals surface area (Å²) in [5.41, 5.74) is 14.2. The van der Waals surface area contributed by atoms with E-state index in [9.17, 15) is 116 Å². The number of alkyl halides is 18. The standard InChI is InChI=1S/C31H28F8N2O4.C23H23F6N3O.C23H24F6N2O3.C7H3F2NO.K.H2O/c32-23-7-5-21(25(33)17-23)15-28(43)40-26-16-22(29(44-19-42)11-1-2-12-29)6-10-27(26)41(14-13-30(34,35)36)18-20-3-8-24(9-4-20)45-31(37,38)39;1-31-21(10-2-3-11-21)17-6-9-20(19(30)14-17)32(13-12-22(24,25)26)15-16-4-7-18(8-5-16)33-23(27,28)29;24-22(25,26)11-12-31(14-16-3-6-18(7-4-16)34-23(27,28)29)20-8-5-17(13-19(20)30)21(33-15-32)9-1-2-10-21;8-6-2-1-5(4-10-11)7(9)3-6;;/h3-10,16-17,19H,1-2,11-15,18H2,(H,40,43);4-9,14H,2-3,10-13,15,30H2;3-8,13,15H,1-2,9-12,14,30H2;1-3H;;1H2/q;;;;+1;/p-1. The van der Waals surface area contributed by atoms with Gasteiger partial charge in [0, 0.05) is 74.8 Å². The molecule has 8 aromatic rings. The van der Waals surface area contributed by atoms with Gasteiger partial charge in [-0.3, -0.25) is 14.4 Å².